The fourth-order valence-electron chi connectivity index (χ4n) is 4.17. The van der Waals surface area contributed by atoms with Gasteiger partial charge in [-0.05, 0) is 63.3 Å². The number of halogens is 1. The Labute approximate surface area is 165 Å². The second-order valence-electron chi connectivity index (χ2n) is 7.77. The number of rotatable bonds is 5. The Morgan fingerprint density at radius 3 is 2.68 bits per heavy atom. The van der Waals surface area contributed by atoms with Crippen LogP contribution in [0.4, 0.5) is 10.2 Å². The molecule has 0 radical (unpaired) electrons. The molecule has 148 valence electrons. The largest absolute Gasteiger partial charge is 0.327 e. The summed E-state index contributed by atoms with van der Waals surface area (Å²) < 4.78 is 15.5. The first-order valence-corrected chi connectivity index (χ1v) is 9.92. The minimum atomic E-state index is -0.361. The fraction of sp³-hybridized carbons (Fsp3) is 0.455. The SMILES string of the molecule is Cc1c(C#N)c(NC(=O)C[NH+](C)C2CCCCC2)n(-c2cccc(F)c2)c1C. The molecule has 1 aromatic carbocycles. The standard InChI is InChI=1S/C22H27FN4O/c1-15-16(2)27(19-11-7-8-17(23)12-19)22(20(15)13-24)25-21(28)14-26(3)18-9-5-4-6-10-18/h7-8,11-12,18H,4-6,9-10,14H2,1-3H3,(H,25,28)/p+1. The molecule has 0 spiro atoms. The molecule has 1 atom stereocenters. The van der Waals surface area contributed by atoms with Crippen molar-refractivity contribution < 1.29 is 14.1 Å². The maximum Gasteiger partial charge on any atom is 0.280 e. The van der Waals surface area contributed by atoms with Crippen molar-refractivity contribution >= 4 is 11.7 Å². The molecule has 2 N–H and O–H groups in total. The molecule has 1 aromatic heterocycles. The number of nitrogens with zero attached hydrogens (tertiary/aromatic N) is 2. The zero-order valence-electron chi connectivity index (χ0n) is 16.8. The second-order valence-corrected chi connectivity index (χ2v) is 7.77. The first-order valence-electron chi connectivity index (χ1n) is 9.92. The summed E-state index contributed by atoms with van der Waals surface area (Å²) in [6.45, 7) is 4.07. The number of carbonyl (C=O) groups is 1. The van der Waals surface area contributed by atoms with Gasteiger partial charge in [0.25, 0.3) is 5.91 Å². The number of quaternary nitrogens is 1. The monoisotopic (exact) mass is 383 g/mol. The molecule has 1 aliphatic rings. The van der Waals surface area contributed by atoms with Gasteiger partial charge in [-0.1, -0.05) is 12.5 Å². The molecular formula is C22H28FN4O+. The van der Waals surface area contributed by atoms with Gasteiger partial charge in [0.2, 0.25) is 0 Å². The molecule has 1 amide bonds. The van der Waals surface area contributed by atoms with Crippen LogP contribution < -0.4 is 10.2 Å². The summed E-state index contributed by atoms with van der Waals surface area (Å²) in [6, 6.07) is 8.88. The van der Waals surface area contributed by atoms with Crippen molar-refractivity contribution in [2.45, 2.75) is 52.0 Å². The van der Waals surface area contributed by atoms with E-state index in [0.29, 0.717) is 29.7 Å². The maximum absolute atomic E-state index is 13.8. The minimum Gasteiger partial charge on any atom is -0.327 e. The molecule has 1 heterocycles. The van der Waals surface area contributed by atoms with Crippen LogP contribution in [0.5, 0.6) is 0 Å². The van der Waals surface area contributed by atoms with Crippen LogP contribution in [0.15, 0.2) is 24.3 Å². The number of hydrogen-bond donors (Lipinski definition) is 2. The lowest BCUT2D eigenvalue weighted by molar-refractivity contribution is -0.899. The average Bonchev–Trinajstić information content (AvgIpc) is 2.91. The highest BCUT2D eigenvalue weighted by Crippen LogP contribution is 2.30. The van der Waals surface area contributed by atoms with Crippen LogP contribution in [0.1, 0.15) is 48.9 Å². The lowest BCUT2D eigenvalue weighted by Crippen LogP contribution is -3.14. The summed E-state index contributed by atoms with van der Waals surface area (Å²) in [5.74, 6) is -0.0696. The highest BCUT2D eigenvalue weighted by atomic mass is 19.1. The summed E-state index contributed by atoms with van der Waals surface area (Å²) in [7, 11) is 2.06. The molecule has 0 aliphatic heterocycles. The van der Waals surface area contributed by atoms with Crippen LogP contribution >= 0.6 is 0 Å². The molecule has 28 heavy (non-hydrogen) atoms. The molecule has 0 bridgehead atoms. The molecule has 1 unspecified atom stereocenters. The van der Waals surface area contributed by atoms with Crippen molar-refractivity contribution in [1.82, 2.24) is 4.57 Å². The quantitative estimate of drug-likeness (QED) is 0.834. The molecule has 1 fully saturated rings. The Hall–Kier alpha value is -2.65. The molecule has 6 heteroatoms. The van der Waals surface area contributed by atoms with Gasteiger partial charge in [0.15, 0.2) is 6.54 Å². The summed E-state index contributed by atoms with van der Waals surface area (Å²) >= 11 is 0. The Balaban J connectivity index is 1.87. The molecule has 2 aromatic rings. The van der Waals surface area contributed by atoms with Crippen LogP contribution in [0, 0.1) is 31.0 Å². The first-order chi connectivity index (χ1) is 13.4. The van der Waals surface area contributed by atoms with E-state index in [0.717, 1.165) is 24.1 Å². The van der Waals surface area contributed by atoms with Crippen molar-refractivity contribution in [3.05, 3.63) is 46.9 Å². The van der Waals surface area contributed by atoms with Gasteiger partial charge in [0.1, 0.15) is 17.7 Å². The molecule has 1 saturated carbocycles. The van der Waals surface area contributed by atoms with Crippen LogP contribution in [-0.4, -0.2) is 30.1 Å². The normalized spacial score (nSPS) is 15.8. The summed E-state index contributed by atoms with van der Waals surface area (Å²) in [5.41, 5.74) is 2.61. The molecule has 0 saturated heterocycles. The number of nitriles is 1. The third kappa shape index (κ3) is 4.10. The second kappa shape index (κ2) is 8.57. The highest BCUT2D eigenvalue weighted by Gasteiger charge is 2.25. The number of benzene rings is 1. The zero-order chi connectivity index (χ0) is 20.3. The van der Waals surface area contributed by atoms with Crippen LogP contribution in [0.25, 0.3) is 5.69 Å². The molecule has 5 nitrogen and oxygen atoms in total. The Morgan fingerprint density at radius 2 is 2.04 bits per heavy atom. The van der Waals surface area contributed by atoms with Crippen molar-refractivity contribution in [1.29, 1.82) is 5.26 Å². The number of aromatic nitrogens is 1. The van der Waals surface area contributed by atoms with E-state index in [1.54, 1.807) is 16.7 Å². The number of amides is 1. The van der Waals surface area contributed by atoms with Gasteiger partial charge in [-0.2, -0.15) is 5.26 Å². The van der Waals surface area contributed by atoms with E-state index < -0.39 is 0 Å². The first kappa shape index (κ1) is 20.1. The van der Waals surface area contributed by atoms with E-state index in [1.165, 1.54) is 36.3 Å². The smallest absolute Gasteiger partial charge is 0.280 e. The summed E-state index contributed by atoms with van der Waals surface area (Å²) in [5, 5.41) is 12.6. The minimum absolute atomic E-state index is 0.130. The summed E-state index contributed by atoms with van der Waals surface area (Å²) in [4.78, 5) is 14.0. The van der Waals surface area contributed by atoms with Crippen molar-refractivity contribution in [3.63, 3.8) is 0 Å². The van der Waals surface area contributed by atoms with E-state index in [1.807, 2.05) is 13.8 Å². The maximum atomic E-state index is 13.8. The summed E-state index contributed by atoms with van der Waals surface area (Å²) in [6.07, 6.45) is 6.04. The van der Waals surface area contributed by atoms with Gasteiger partial charge in [0.05, 0.1) is 24.3 Å². The van der Waals surface area contributed by atoms with Gasteiger partial charge in [0, 0.05) is 5.69 Å². The van der Waals surface area contributed by atoms with Gasteiger partial charge >= 0.3 is 0 Å². The average molecular weight is 383 g/mol. The predicted molar refractivity (Wildman–Crippen MR) is 107 cm³/mol. The lowest BCUT2D eigenvalue weighted by atomic mass is 9.94. The highest BCUT2D eigenvalue weighted by molar-refractivity contribution is 5.93. The zero-order valence-corrected chi connectivity index (χ0v) is 16.8. The Bertz CT molecular complexity index is 906. The Morgan fingerprint density at radius 1 is 1.32 bits per heavy atom. The molecule has 1 aliphatic carbocycles. The third-order valence-corrected chi connectivity index (χ3v) is 5.89. The number of likely N-dealkylation sites (N-methyl/N-ethyl adjacent to an activating group) is 1. The van der Waals surface area contributed by atoms with Crippen molar-refractivity contribution in [2.75, 3.05) is 18.9 Å². The van der Waals surface area contributed by atoms with Gasteiger partial charge in [-0.15, -0.1) is 0 Å². The van der Waals surface area contributed by atoms with Crippen LogP contribution in [0.2, 0.25) is 0 Å². The Kier molecular flexibility index (Phi) is 6.15. The molecule has 3 rings (SSSR count). The number of hydrogen-bond acceptors (Lipinski definition) is 2. The van der Waals surface area contributed by atoms with Crippen molar-refractivity contribution in [2.24, 2.45) is 0 Å². The van der Waals surface area contributed by atoms with E-state index >= 15 is 0 Å². The number of carbonyl (C=O) groups excluding carboxylic acids is 1. The van der Waals surface area contributed by atoms with Gasteiger partial charge in [-0.25, -0.2) is 4.39 Å². The third-order valence-electron chi connectivity index (χ3n) is 5.89. The van der Waals surface area contributed by atoms with E-state index in [-0.39, 0.29) is 11.7 Å². The lowest BCUT2D eigenvalue weighted by Gasteiger charge is -2.27. The number of nitrogens with one attached hydrogen (secondary N) is 2. The van der Waals surface area contributed by atoms with E-state index in [9.17, 15) is 14.4 Å². The van der Waals surface area contributed by atoms with E-state index in [2.05, 4.69) is 18.4 Å². The van der Waals surface area contributed by atoms with Crippen LogP contribution in [-0.2, 0) is 4.79 Å². The fourth-order valence-corrected chi connectivity index (χ4v) is 4.17. The van der Waals surface area contributed by atoms with Gasteiger partial charge in [-0.3, -0.25) is 9.36 Å². The molecular weight excluding hydrogens is 355 g/mol. The van der Waals surface area contributed by atoms with Gasteiger partial charge < -0.3 is 10.2 Å². The van der Waals surface area contributed by atoms with Crippen molar-refractivity contribution in [3.8, 4) is 11.8 Å². The predicted octanol–water partition coefficient (Wildman–Crippen LogP) is 2.89. The number of anilines is 1. The topological polar surface area (TPSA) is 62.3 Å². The van der Waals surface area contributed by atoms with Crippen LogP contribution in [0.3, 0.4) is 0 Å². The van der Waals surface area contributed by atoms with E-state index in [4.69, 9.17) is 0 Å².